The van der Waals surface area contributed by atoms with Gasteiger partial charge in [-0.2, -0.15) is 5.10 Å². The number of piperidine rings is 1. The van der Waals surface area contributed by atoms with E-state index < -0.39 is 0 Å². The van der Waals surface area contributed by atoms with Crippen molar-refractivity contribution >= 4 is 34.9 Å². The molecule has 0 saturated carbocycles. The molecule has 2 aliphatic rings. The van der Waals surface area contributed by atoms with Crippen molar-refractivity contribution in [2.75, 3.05) is 46.3 Å². The summed E-state index contributed by atoms with van der Waals surface area (Å²) in [6.07, 6.45) is 5.86. The van der Waals surface area contributed by atoms with Crippen LogP contribution in [0.3, 0.4) is 0 Å². The van der Waals surface area contributed by atoms with Crippen LogP contribution >= 0.6 is 0 Å². The second kappa shape index (κ2) is 9.81. The number of aromatic amines is 1. The predicted octanol–water partition coefficient (Wildman–Crippen LogP) is 3.36. The summed E-state index contributed by atoms with van der Waals surface area (Å²) in [6, 6.07) is 15.7. The van der Waals surface area contributed by atoms with E-state index >= 15 is 0 Å². The molecule has 2 amide bonds. The van der Waals surface area contributed by atoms with Crippen molar-refractivity contribution in [1.29, 1.82) is 0 Å². The Morgan fingerprint density at radius 2 is 1.56 bits per heavy atom. The first-order valence-corrected chi connectivity index (χ1v) is 12.1. The molecule has 5 rings (SSSR count). The van der Waals surface area contributed by atoms with E-state index in [1.54, 1.807) is 0 Å². The van der Waals surface area contributed by atoms with E-state index in [1.807, 2.05) is 70.5 Å². The number of piperazine rings is 1. The Labute approximate surface area is 200 Å². The van der Waals surface area contributed by atoms with Crippen LogP contribution in [0.2, 0.25) is 0 Å². The van der Waals surface area contributed by atoms with Crippen LogP contribution in [0.5, 0.6) is 0 Å². The van der Waals surface area contributed by atoms with Crippen LogP contribution in [-0.4, -0.2) is 83.0 Å². The van der Waals surface area contributed by atoms with E-state index in [9.17, 15) is 9.59 Å². The first-order valence-electron chi connectivity index (χ1n) is 12.1. The fourth-order valence-electron chi connectivity index (χ4n) is 4.85. The molecule has 0 atom stereocenters. The van der Waals surface area contributed by atoms with Gasteiger partial charge in [0.25, 0.3) is 5.91 Å². The summed E-state index contributed by atoms with van der Waals surface area (Å²) in [5.74, 6) is 0.430. The quantitative estimate of drug-likeness (QED) is 0.652. The van der Waals surface area contributed by atoms with Crippen LogP contribution in [0.4, 0.5) is 0 Å². The number of aromatic nitrogens is 2. The molecule has 0 radical (unpaired) electrons. The zero-order chi connectivity index (χ0) is 23.5. The summed E-state index contributed by atoms with van der Waals surface area (Å²) in [5.41, 5.74) is 3.59. The molecule has 0 aliphatic carbocycles. The van der Waals surface area contributed by atoms with Gasteiger partial charge in [0.15, 0.2) is 0 Å². The highest BCUT2D eigenvalue weighted by molar-refractivity contribution is 5.95. The van der Waals surface area contributed by atoms with Gasteiger partial charge in [0.2, 0.25) is 5.91 Å². The maximum Gasteiger partial charge on any atom is 0.253 e. The summed E-state index contributed by atoms with van der Waals surface area (Å²) in [7, 11) is 2.11. The van der Waals surface area contributed by atoms with Gasteiger partial charge in [-0.1, -0.05) is 36.4 Å². The molecule has 1 N–H and O–H groups in total. The lowest BCUT2D eigenvalue weighted by molar-refractivity contribution is -0.138. The van der Waals surface area contributed by atoms with E-state index in [-0.39, 0.29) is 17.7 Å². The Morgan fingerprint density at radius 3 is 2.29 bits per heavy atom. The normalized spacial score (nSPS) is 18.1. The number of carbonyl (C=O) groups excluding carboxylic acids is 2. The Kier molecular flexibility index (Phi) is 6.45. The monoisotopic (exact) mass is 457 g/mol. The average molecular weight is 458 g/mol. The first kappa shape index (κ1) is 22.3. The number of likely N-dealkylation sites (tertiary alicyclic amines) is 1. The minimum atomic E-state index is 0.0280. The standard InChI is InChI=1S/C27H31N5O2/c1-30-14-12-22(13-15-30)27(34)32-18-16-31(17-19-32)26(33)21-9-6-20(7-10-21)8-11-25-23-4-2-3-5-24(23)28-29-25/h2-11,22H,12-19H2,1H3,(H,28,29). The van der Waals surface area contributed by atoms with Crippen LogP contribution in [0.25, 0.3) is 23.1 Å². The SMILES string of the molecule is CN1CCC(C(=O)N2CCN(C(=O)c3ccc(C=Cc4n[nH]c5ccccc45)cc3)CC2)CC1. The van der Waals surface area contributed by atoms with Crippen LogP contribution in [0.15, 0.2) is 48.5 Å². The van der Waals surface area contributed by atoms with E-state index in [0.29, 0.717) is 31.7 Å². The second-order valence-corrected chi connectivity index (χ2v) is 9.30. The molecule has 0 bridgehead atoms. The zero-order valence-corrected chi connectivity index (χ0v) is 19.6. The summed E-state index contributed by atoms with van der Waals surface area (Å²) in [6.45, 7) is 4.39. The largest absolute Gasteiger partial charge is 0.339 e. The van der Waals surface area contributed by atoms with E-state index in [2.05, 4.69) is 22.1 Å². The molecule has 0 spiro atoms. The number of H-pyrrole nitrogens is 1. The highest BCUT2D eigenvalue weighted by atomic mass is 16.2. The van der Waals surface area contributed by atoms with Crippen molar-refractivity contribution in [1.82, 2.24) is 24.9 Å². The Balaban J connectivity index is 1.16. The van der Waals surface area contributed by atoms with Gasteiger partial charge < -0.3 is 14.7 Å². The van der Waals surface area contributed by atoms with Crippen molar-refractivity contribution in [3.63, 3.8) is 0 Å². The number of para-hydroxylation sites is 1. The number of hydrogen-bond acceptors (Lipinski definition) is 4. The zero-order valence-electron chi connectivity index (χ0n) is 19.6. The van der Waals surface area contributed by atoms with Crippen LogP contribution in [-0.2, 0) is 4.79 Å². The molecule has 2 fully saturated rings. The van der Waals surface area contributed by atoms with Gasteiger partial charge in [0, 0.05) is 43.0 Å². The minimum absolute atomic E-state index is 0.0280. The number of carbonyl (C=O) groups is 2. The fraction of sp³-hybridized carbons (Fsp3) is 0.370. The maximum absolute atomic E-state index is 13.0. The molecular weight excluding hydrogens is 426 g/mol. The summed E-state index contributed by atoms with van der Waals surface area (Å²) >= 11 is 0. The molecule has 2 aliphatic heterocycles. The lowest BCUT2D eigenvalue weighted by atomic mass is 9.95. The smallest absolute Gasteiger partial charge is 0.253 e. The van der Waals surface area contributed by atoms with Crippen molar-refractivity contribution in [3.8, 4) is 0 Å². The molecule has 7 nitrogen and oxygen atoms in total. The van der Waals surface area contributed by atoms with Gasteiger partial charge in [0.1, 0.15) is 0 Å². The third-order valence-corrected chi connectivity index (χ3v) is 7.04. The Hall–Kier alpha value is -3.45. The number of nitrogens with one attached hydrogen (secondary N) is 1. The number of rotatable bonds is 4. The highest BCUT2D eigenvalue weighted by Crippen LogP contribution is 2.21. The molecule has 2 aromatic carbocycles. The average Bonchev–Trinajstić information content (AvgIpc) is 3.31. The van der Waals surface area contributed by atoms with Crippen molar-refractivity contribution in [2.45, 2.75) is 12.8 Å². The molecule has 2 saturated heterocycles. The molecule has 176 valence electrons. The third kappa shape index (κ3) is 4.75. The van der Waals surface area contributed by atoms with Gasteiger partial charge in [-0.15, -0.1) is 0 Å². The number of nitrogens with zero attached hydrogens (tertiary/aromatic N) is 4. The Morgan fingerprint density at radius 1 is 0.882 bits per heavy atom. The van der Waals surface area contributed by atoms with E-state index in [4.69, 9.17) is 0 Å². The molecule has 0 unspecified atom stereocenters. The van der Waals surface area contributed by atoms with E-state index in [0.717, 1.165) is 48.1 Å². The molecule has 1 aromatic heterocycles. The van der Waals surface area contributed by atoms with Gasteiger partial charge in [0.05, 0.1) is 11.2 Å². The number of amides is 2. The minimum Gasteiger partial charge on any atom is -0.339 e. The van der Waals surface area contributed by atoms with Crippen molar-refractivity contribution in [3.05, 3.63) is 65.4 Å². The molecule has 7 heteroatoms. The lowest BCUT2D eigenvalue weighted by Crippen LogP contribution is -2.52. The molecular formula is C27H31N5O2. The van der Waals surface area contributed by atoms with Gasteiger partial charge in [-0.25, -0.2) is 0 Å². The van der Waals surface area contributed by atoms with E-state index in [1.165, 1.54) is 0 Å². The van der Waals surface area contributed by atoms with Gasteiger partial charge in [-0.3, -0.25) is 14.7 Å². The van der Waals surface area contributed by atoms with Crippen molar-refractivity contribution in [2.24, 2.45) is 5.92 Å². The van der Waals surface area contributed by atoms with Crippen molar-refractivity contribution < 1.29 is 9.59 Å². The topological polar surface area (TPSA) is 72.5 Å². The Bertz CT molecular complexity index is 1180. The number of hydrogen-bond donors (Lipinski definition) is 1. The van der Waals surface area contributed by atoms with Gasteiger partial charge in [-0.05, 0) is 62.8 Å². The fourth-order valence-corrected chi connectivity index (χ4v) is 4.85. The third-order valence-electron chi connectivity index (χ3n) is 7.04. The van der Waals surface area contributed by atoms with Crippen LogP contribution in [0.1, 0.15) is 34.5 Å². The number of benzene rings is 2. The maximum atomic E-state index is 13.0. The predicted molar refractivity (Wildman–Crippen MR) is 134 cm³/mol. The lowest BCUT2D eigenvalue weighted by Gasteiger charge is -2.38. The summed E-state index contributed by atoms with van der Waals surface area (Å²) in [4.78, 5) is 31.9. The summed E-state index contributed by atoms with van der Waals surface area (Å²) in [5, 5.41) is 8.49. The van der Waals surface area contributed by atoms with Gasteiger partial charge >= 0.3 is 0 Å². The van der Waals surface area contributed by atoms with Crippen LogP contribution in [0, 0.1) is 5.92 Å². The molecule has 3 aromatic rings. The number of fused-ring (bicyclic) bond motifs is 1. The summed E-state index contributed by atoms with van der Waals surface area (Å²) < 4.78 is 0. The molecule has 3 heterocycles. The second-order valence-electron chi connectivity index (χ2n) is 9.30. The molecule has 34 heavy (non-hydrogen) atoms. The highest BCUT2D eigenvalue weighted by Gasteiger charge is 2.30. The van der Waals surface area contributed by atoms with Crippen LogP contribution < -0.4 is 0 Å². The first-order chi connectivity index (χ1) is 16.6.